The Labute approximate surface area is 228 Å². The summed E-state index contributed by atoms with van der Waals surface area (Å²) in [6.07, 6.45) is 9.09. The average Bonchev–Trinajstić information content (AvgIpc) is 3.42. The van der Waals surface area contributed by atoms with Gasteiger partial charge in [-0.05, 0) is 76.3 Å². The van der Waals surface area contributed by atoms with Gasteiger partial charge in [0.1, 0.15) is 0 Å². The maximum atomic E-state index is 12.8. The van der Waals surface area contributed by atoms with Gasteiger partial charge >= 0.3 is 0 Å². The minimum atomic E-state index is 0.159. The average molecular weight is 528 g/mol. The number of aromatic amines is 1. The molecule has 1 aromatic rings. The lowest BCUT2D eigenvalue weighted by Crippen LogP contribution is -2.29. The van der Waals surface area contributed by atoms with Crippen LogP contribution < -0.4 is 16.0 Å². The third-order valence-electron chi connectivity index (χ3n) is 7.32. The first-order chi connectivity index (χ1) is 17.7. The van der Waals surface area contributed by atoms with Gasteiger partial charge in [0.2, 0.25) is 5.91 Å². The molecule has 0 unspecified atom stereocenters. The number of H-pyrrole nitrogens is 1. The topological polar surface area (TPSA) is 72.8 Å². The van der Waals surface area contributed by atoms with Crippen LogP contribution in [-0.4, -0.2) is 60.8 Å². The standard InChI is InChI=1S/C30H46ClN5O/c1-9-20(3)26(32-7)19-28-22(5)24(12-13-29(37)36(8)17-11-15-31)30(35-28)23(6)27-18-21(4)25(34-27)14-16-33-10-2/h14,16,18-19,22,24,32,34H,9-13,15,17H2,1-8H3/b25-14-,26-20-,27-23-,28-19-,33-16+/t22-,24-/m0/s1. The Kier molecular flexibility index (Phi) is 12.4. The Morgan fingerprint density at radius 1 is 1.32 bits per heavy atom. The van der Waals surface area contributed by atoms with Crippen LogP contribution in [0.3, 0.4) is 0 Å². The quantitative estimate of drug-likeness (QED) is 0.305. The van der Waals surface area contributed by atoms with E-state index in [1.54, 1.807) is 4.90 Å². The third-order valence-corrected chi connectivity index (χ3v) is 7.58. The molecule has 0 saturated carbocycles. The summed E-state index contributed by atoms with van der Waals surface area (Å²) in [4.78, 5) is 27.7. The highest BCUT2D eigenvalue weighted by Gasteiger charge is 2.33. The van der Waals surface area contributed by atoms with Crippen LogP contribution in [0.15, 0.2) is 39.1 Å². The van der Waals surface area contributed by atoms with Gasteiger partial charge < -0.3 is 15.2 Å². The lowest BCUT2D eigenvalue weighted by atomic mass is 9.84. The Morgan fingerprint density at radius 3 is 2.68 bits per heavy atom. The summed E-state index contributed by atoms with van der Waals surface area (Å²) in [5.41, 5.74) is 6.84. The van der Waals surface area contributed by atoms with Crippen molar-refractivity contribution in [3.63, 3.8) is 0 Å². The second kappa shape index (κ2) is 15.0. The maximum absolute atomic E-state index is 12.8. The van der Waals surface area contributed by atoms with Gasteiger partial charge in [0, 0.05) is 85.3 Å². The van der Waals surface area contributed by atoms with Crippen LogP contribution in [0.1, 0.15) is 65.9 Å². The number of amides is 1. The molecule has 1 aliphatic rings. The Hall–Kier alpha value is -2.60. The summed E-state index contributed by atoms with van der Waals surface area (Å²) in [6, 6.07) is 2.18. The van der Waals surface area contributed by atoms with Crippen LogP contribution >= 0.6 is 11.6 Å². The number of alkyl halides is 1. The van der Waals surface area contributed by atoms with Crippen LogP contribution in [0, 0.1) is 18.8 Å². The first kappa shape index (κ1) is 30.6. The number of aliphatic imine (C=N–C) groups is 2. The number of allylic oxidation sites excluding steroid dienone is 3. The van der Waals surface area contributed by atoms with E-state index in [-0.39, 0.29) is 17.7 Å². The van der Waals surface area contributed by atoms with Crippen molar-refractivity contribution in [2.45, 2.75) is 67.2 Å². The molecule has 0 fully saturated rings. The summed E-state index contributed by atoms with van der Waals surface area (Å²) < 4.78 is 0. The fourth-order valence-electron chi connectivity index (χ4n) is 4.64. The number of hydrogen-bond acceptors (Lipinski definition) is 4. The molecule has 0 spiro atoms. The number of hydrogen-bond donors (Lipinski definition) is 2. The second-order valence-electron chi connectivity index (χ2n) is 9.87. The van der Waals surface area contributed by atoms with Gasteiger partial charge in [0.25, 0.3) is 0 Å². The van der Waals surface area contributed by atoms with Crippen LogP contribution in [0.25, 0.3) is 11.6 Å². The van der Waals surface area contributed by atoms with Crippen molar-refractivity contribution in [2.24, 2.45) is 21.8 Å². The van der Waals surface area contributed by atoms with E-state index in [0.29, 0.717) is 18.8 Å². The molecule has 204 valence electrons. The molecule has 0 radical (unpaired) electrons. The fourth-order valence-corrected chi connectivity index (χ4v) is 4.76. The van der Waals surface area contributed by atoms with Gasteiger partial charge in [-0.3, -0.25) is 14.8 Å². The molecule has 2 heterocycles. The first-order valence-corrected chi connectivity index (χ1v) is 14.1. The molecule has 1 aliphatic heterocycles. The summed E-state index contributed by atoms with van der Waals surface area (Å²) in [6.45, 7) is 14.3. The molecule has 1 aromatic heterocycles. The number of halogens is 1. The molecule has 7 heteroatoms. The summed E-state index contributed by atoms with van der Waals surface area (Å²) in [7, 11) is 3.82. The lowest BCUT2D eigenvalue weighted by molar-refractivity contribution is -0.130. The van der Waals surface area contributed by atoms with Gasteiger partial charge in [0.15, 0.2) is 0 Å². The third kappa shape index (κ3) is 8.19. The number of aromatic nitrogens is 1. The van der Waals surface area contributed by atoms with Gasteiger partial charge in [-0.1, -0.05) is 19.4 Å². The van der Waals surface area contributed by atoms with Gasteiger partial charge in [-0.15, -0.1) is 11.6 Å². The molecular formula is C30H46ClN5O. The number of nitrogens with one attached hydrogen (secondary N) is 2. The largest absolute Gasteiger partial charge is 0.388 e. The molecule has 0 saturated heterocycles. The van der Waals surface area contributed by atoms with Crippen molar-refractivity contribution in [1.29, 1.82) is 0 Å². The minimum Gasteiger partial charge on any atom is -0.388 e. The van der Waals surface area contributed by atoms with Crippen molar-refractivity contribution in [1.82, 2.24) is 15.2 Å². The highest BCUT2D eigenvalue weighted by atomic mass is 35.5. The van der Waals surface area contributed by atoms with Crippen LogP contribution in [0.5, 0.6) is 0 Å². The van der Waals surface area contributed by atoms with E-state index < -0.39 is 0 Å². The van der Waals surface area contributed by atoms with E-state index in [9.17, 15) is 4.79 Å². The molecule has 2 N–H and O–H groups in total. The van der Waals surface area contributed by atoms with E-state index >= 15 is 0 Å². The zero-order chi connectivity index (χ0) is 27.5. The van der Waals surface area contributed by atoms with E-state index in [4.69, 9.17) is 16.6 Å². The normalized spacial score (nSPS) is 20.9. The van der Waals surface area contributed by atoms with Crippen molar-refractivity contribution >= 4 is 41.1 Å². The first-order valence-electron chi connectivity index (χ1n) is 13.5. The summed E-state index contributed by atoms with van der Waals surface area (Å²) in [5, 5.41) is 5.46. The van der Waals surface area contributed by atoms with Crippen molar-refractivity contribution in [2.75, 3.05) is 33.1 Å². The van der Waals surface area contributed by atoms with E-state index in [0.717, 1.165) is 59.2 Å². The fraction of sp³-hybridized carbons (Fsp3) is 0.567. The minimum absolute atomic E-state index is 0.159. The van der Waals surface area contributed by atoms with E-state index in [1.165, 1.54) is 11.1 Å². The van der Waals surface area contributed by atoms with E-state index in [1.807, 2.05) is 33.3 Å². The molecule has 0 aromatic carbocycles. The Bertz CT molecular complexity index is 1170. The van der Waals surface area contributed by atoms with Crippen LogP contribution in [0.4, 0.5) is 0 Å². The van der Waals surface area contributed by atoms with Gasteiger partial charge in [-0.25, -0.2) is 0 Å². The number of rotatable bonds is 12. The maximum Gasteiger partial charge on any atom is 0.222 e. The molecule has 6 nitrogen and oxygen atoms in total. The number of carbonyl (C=O) groups is 1. The van der Waals surface area contributed by atoms with E-state index in [2.05, 4.69) is 62.1 Å². The smallest absolute Gasteiger partial charge is 0.222 e. The molecule has 37 heavy (non-hydrogen) atoms. The molecule has 2 rings (SSSR count). The predicted octanol–water partition coefficient (Wildman–Crippen LogP) is 4.73. The summed E-state index contributed by atoms with van der Waals surface area (Å²) >= 11 is 5.83. The van der Waals surface area contributed by atoms with Crippen LogP contribution in [0.2, 0.25) is 0 Å². The monoisotopic (exact) mass is 527 g/mol. The zero-order valence-corrected chi connectivity index (χ0v) is 24.8. The highest BCUT2D eigenvalue weighted by molar-refractivity contribution is 6.20. The molecule has 0 aliphatic carbocycles. The number of nitrogens with zero attached hydrogens (tertiary/aromatic N) is 3. The Balaban J connectivity index is 2.52. The molecule has 1 amide bonds. The number of aryl methyl sites for hydroxylation is 1. The predicted molar refractivity (Wildman–Crippen MR) is 160 cm³/mol. The molecular weight excluding hydrogens is 482 g/mol. The summed E-state index contributed by atoms with van der Waals surface area (Å²) in [5.74, 6) is 1.09. The zero-order valence-electron chi connectivity index (χ0n) is 24.0. The van der Waals surface area contributed by atoms with Crippen molar-refractivity contribution in [3.05, 3.63) is 45.4 Å². The highest BCUT2D eigenvalue weighted by Crippen LogP contribution is 2.37. The molecule has 2 atom stereocenters. The van der Waals surface area contributed by atoms with Crippen molar-refractivity contribution in [3.8, 4) is 0 Å². The van der Waals surface area contributed by atoms with Crippen molar-refractivity contribution < 1.29 is 4.79 Å². The lowest BCUT2D eigenvalue weighted by Gasteiger charge is -2.21. The van der Waals surface area contributed by atoms with Gasteiger partial charge in [-0.2, -0.15) is 0 Å². The number of carbonyl (C=O) groups excluding carboxylic acids is 1. The Morgan fingerprint density at radius 2 is 2.05 bits per heavy atom. The van der Waals surface area contributed by atoms with Gasteiger partial charge in [0.05, 0.1) is 0 Å². The number of likely N-dealkylation sites (N-methyl/N-ethyl adjacent to an activating group) is 1. The SMILES string of the molecule is CC/N=C/C=c1\[nH]/c(=C(/C)C2=N/C(=C\C(NC)=C(/C)CC)[C@@H](C)[C@@H]2CCC(=O)N(C)CCCCl)cc1C. The van der Waals surface area contributed by atoms with Crippen LogP contribution in [-0.2, 0) is 4.79 Å². The molecule has 0 bridgehead atoms. The second-order valence-corrected chi connectivity index (χ2v) is 10.3.